The second-order valence-electron chi connectivity index (χ2n) is 6.41. The molecule has 1 aromatic carbocycles. The number of benzene rings is 1. The van der Waals surface area contributed by atoms with Crippen molar-refractivity contribution in [2.75, 3.05) is 18.1 Å². The van der Waals surface area contributed by atoms with Crippen molar-refractivity contribution < 1.29 is 27.5 Å². The predicted octanol–water partition coefficient (Wildman–Crippen LogP) is 1.51. The van der Waals surface area contributed by atoms with Crippen molar-refractivity contribution in [3.63, 3.8) is 0 Å². The highest BCUT2D eigenvalue weighted by atomic mass is 35.5. The zero-order chi connectivity index (χ0) is 20.5. The molecule has 0 saturated carbocycles. The van der Waals surface area contributed by atoms with Crippen LogP contribution in [-0.4, -0.2) is 59.2 Å². The Kier molecular flexibility index (Phi) is 6.16. The standard InChI is InChI=1S/C18H18ClNO6S2/c1-11(21)26-9-13-10-28(24,25)17-14(19)16(22)20(17)15(13)18(23)27-8-7-12-5-3-2-4-6-12/h2-6,14,17H,7-10H2,1H3/t14-,17+/m0/s1. The van der Waals surface area contributed by atoms with Crippen LogP contribution in [0.4, 0.5) is 0 Å². The number of nitrogens with zero attached hydrogens (tertiary/aromatic N) is 1. The van der Waals surface area contributed by atoms with E-state index in [1.165, 1.54) is 6.92 Å². The number of ether oxygens (including phenoxy) is 1. The van der Waals surface area contributed by atoms with Gasteiger partial charge < -0.3 is 4.74 Å². The minimum Gasteiger partial charge on any atom is -0.461 e. The van der Waals surface area contributed by atoms with Gasteiger partial charge in [-0.25, -0.2) is 8.42 Å². The number of halogens is 1. The molecule has 0 unspecified atom stereocenters. The van der Waals surface area contributed by atoms with Crippen LogP contribution in [0.25, 0.3) is 0 Å². The minimum atomic E-state index is -3.77. The molecule has 2 heterocycles. The molecule has 0 spiro atoms. The minimum absolute atomic E-state index is 0.0268. The maximum absolute atomic E-state index is 12.8. The van der Waals surface area contributed by atoms with E-state index in [-0.39, 0.29) is 17.9 Å². The van der Waals surface area contributed by atoms with Crippen molar-refractivity contribution in [3.8, 4) is 0 Å². The molecule has 2 atom stereocenters. The molecular formula is C18H18ClNO6S2. The fourth-order valence-electron chi connectivity index (χ4n) is 3.09. The molecule has 3 rings (SSSR count). The summed E-state index contributed by atoms with van der Waals surface area (Å²) in [4.78, 5) is 37.1. The summed E-state index contributed by atoms with van der Waals surface area (Å²) < 4.78 is 29.8. The topological polar surface area (TPSA) is 97.8 Å². The number of aryl methyl sites for hydroxylation is 1. The average molecular weight is 444 g/mol. The van der Waals surface area contributed by atoms with Crippen LogP contribution >= 0.6 is 23.4 Å². The number of alkyl halides is 1. The predicted molar refractivity (Wildman–Crippen MR) is 105 cm³/mol. The van der Waals surface area contributed by atoms with Crippen LogP contribution < -0.4 is 0 Å². The van der Waals surface area contributed by atoms with Crippen LogP contribution in [0.3, 0.4) is 0 Å². The Bertz CT molecular complexity index is 944. The summed E-state index contributed by atoms with van der Waals surface area (Å²) in [5.74, 6) is -1.27. The average Bonchev–Trinajstić information content (AvgIpc) is 2.65. The first-order valence-corrected chi connectivity index (χ1v) is 11.6. The highest BCUT2D eigenvalue weighted by molar-refractivity contribution is 8.14. The maximum atomic E-state index is 12.8. The smallest absolute Gasteiger partial charge is 0.302 e. The van der Waals surface area contributed by atoms with Gasteiger partial charge in [0.1, 0.15) is 17.7 Å². The summed E-state index contributed by atoms with van der Waals surface area (Å²) in [6.07, 6.45) is 0.637. The Labute approximate surface area is 172 Å². The van der Waals surface area contributed by atoms with Crippen molar-refractivity contribution >= 4 is 50.2 Å². The number of thioether (sulfide) groups is 1. The number of β-lactam (4-membered cyclic amide) rings is 1. The lowest BCUT2D eigenvalue weighted by atomic mass is 10.1. The van der Waals surface area contributed by atoms with E-state index in [1.54, 1.807) is 0 Å². The number of amides is 1. The van der Waals surface area contributed by atoms with E-state index >= 15 is 0 Å². The fourth-order valence-corrected chi connectivity index (χ4v) is 6.57. The first-order valence-electron chi connectivity index (χ1n) is 8.47. The maximum Gasteiger partial charge on any atom is 0.302 e. The number of sulfone groups is 1. The van der Waals surface area contributed by atoms with E-state index in [4.69, 9.17) is 16.3 Å². The van der Waals surface area contributed by atoms with E-state index in [1.807, 2.05) is 30.3 Å². The number of hydrogen-bond acceptors (Lipinski definition) is 7. The third-order valence-electron chi connectivity index (χ3n) is 4.41. The molecule has 1 aromatic rings. The quantitative estimate of drug-likeness (QED) is 0.373. The molecule has 7 nitrogen and oxygen atoms in total. The van der Waals surface area contributed by atoms with Gasteiger partial charge in [-0.3, -0.25) is 19.3 Å². The van der Waals surface area contributed by atoms with Crippen LogP contribution in [-0.2, 0) is 35.4 Å². The summed E-state index contributed by atoms with van der Waals surface area (Å²) in [5, 5.41) is -2.90. The summed E-state index contributed by atoms with van der Waals surface area (Å²) in [7, 11) is -3.77. The highest BCUT2D eigenvalue weighted by Crippen LogP contribution is 2.40. The number of hydrogen-bond donors (Lipinski definition) is 0. The normalized spacial score (nSPS) is 23.1. The van der Waals surface area contributed by atoms with Gasteiger partial charge in [-0.15, -0.1) is 11.6 Å². The molecule has 10 heteroatoms. The zero-order valence-corrected chi connectivity index (χ0v) is 17.3. The number of rotatable bonds is 6. The molecule has 150 valence electrons. The number of carbonyl (C=O) groups excluding carboxylic acids is 3. The monoisotopic (exact) mass is 443 g/mol. The van der Waals surface area contributed by atoms with E-state index in [0.29, 0.717) is 12.2 Å². The molecule has 1 fully saturated rings. The van der Waals surface area contributed by atoms with Gasteiger partial charge in [0.2, 0.25) is 11.0 Å². The third kappa shape index (κ3) is 4.11. The number of carbonyl (C=O) groups is 3. The van der Waals surface area contributed by atoms with Gasteiger partial charge in [-0.2, -0.15) is 0 Å². The Balaban J connectivity index is 1.82. The highest BCUT2D eigenvalue weighted by Gasteiger charge is 2.59. The van der Waals surface area contributed by atoms with Gasteiger partial charge in [0, 0.05) is 18.2 Å². The second-order valence-corrected chi connectivity index (χ2v) is 10.0. The molecule has 0 N–H and O–H groups in total. The van der Waals surface area contributed by atoms with Gasteiger partial charge in [-0.05, 0) is 12.0 Å². The third-order valence-corrected chi connectivity index (χ3v) is 7.82. The molecule has 0 aliphatic carbocycles. The van der Waals surface area contributed by atoms with Crippen molar-refractivity contribution in [1.29, 1.82) is 0 Å². The number of fused-ring (bicyclic) bond motifs is 1. The Morgan fingerprint density at radius 1 is 1.29 bits per heavy atom. The Morgan fingerprint density at radius 3 is 2.61 bits per heavy atom. The lowest BCUT2D eigenvalue weighted by Gasteiger charge is -2.47. The Hall–Kier alpha value is -1.84. The SMILES string of the molecule is CC(=O)OCC1=C(C(=O)SCCc2ccccc2)N2C(=O)[C@H](Cl)[C@H]2S(=O)(=O)C1. The lowest BCUT2D eigenvalue weighted by Crippen LogP contribution is -2.68. The zero-order valence-electron chi connectivity index (χ0n) is 15.0. The van der Waals surface area contributed by atoms with E-state index in [0.717, 1.165) is 22.2 Å². The van der Waals surface area contributed by atoms with Gasteiger partial charge in [0.25, 0.3) is 0 Å². The van der Waals surface area contributed by atoms with Crippen molar-refractivity contribution in [2.45, 2.75) is 24.1 Å². The molecule has 1 saturated heterocycles. The van der Waals surface area contributed by atoms with Crippen molar-refractivity contribution in [1.82, 2.24) is 4.90 Å². The first kappa shape index (κ1) is 20.9. The molecule has 2 aliphatic rings. The largest absolute Gasteiger partial charge is 0.461 e. The summed E-state index contributed by atoms with van der Waals surface area (Å²) in [6, 6.07) is 9.58. The summed E-state index contributed by atoms with van der Waals surface area (Å²) in [6.45, 7) is 0.818. The van der Waals surface area contributed by atoms with Crippen LogP contribution in [0.15, 0.2) is 41.6 Å². The van der Waals surface area contributed by atoms with E-state index in [2.05, 4.69) is 0 Å². The molecule has 2 aliphatic heterocycles. The van der Waals surface area contributed by atoms with Crippen molar-refractivity contribution in [2.24, 2.45) is 0 Å². The summed E-state index contributed by atoms with van der Waals surface area (Å²) >= 11 is 6.88. The van der Waals surface area contributed by atoms with Crippen LogP contribution in [0.2, 0.25) is 0 Å². The Morgan fingerprint density at radius 2 is 1.96 bits per heavy atom. The molecule has 0 bridgehead atoms. The van der Waals surface area contributed by atoms with Gasteiger partial charge in [-0.1, -0.05) is 42.1 Å². The molecule has 1 amide bonds. The van der Waals surface area contributed by atoms with Crippen LogP contribution in [0, 0.1) is 0 Å². The molecule has 0 radical (unpaired) electrons. The second kappa shape index (κ2) is 8.26. The first-order chi connectivity index (χ1) is 13.2. The number of esters is 1. The molecular weight excluding hydrogens is 426 g/mol. The van der Waals surface area contributed by atoms with Gasteiger partial charge in [0.05, 0.1) is 5.75 Å². The fraction of sp³-hybridized carbons (Fsp3) is 0.389. The van der Waals surface area contributed by atoms with E-state index in [9.17, 15) is 22.8 Å². The summed E-state index contributed by atoms with van der Waals surface area (Å²) in [5.41, 5.74) is 1.13. The van der Waals surface area contributed by atoms with Crippen LogP contribution in [0.1, 0.15) is 12.5 Å². The van der Waals surface area contributed by atoms with Gasteiger partial charge in [0.15, 0.2) is 15.2 Å². The molecule has 28 heavy (non-hydrogen) atoms. The van der Waals surface area contributed by atoms with Gasteiger partial charge >= 0.3 is 5.97 Å². The van der Waals surface area contributed by atoms with E-state index < -0.39 is 43.3 Å². The molecule has 0 aromatic heterocycles. The lowest BCUT2D eigenvalue weighted by molar-refractivity contribution is -0.140. The van der Waals surface area contributed by atoms with Crippen LogP contribution in [0.5, 0.6) is 0 Å². The van der Waals surface area contributed by atoms with Crippen molar-refractivity contribution in [3.05, 3.63) is 47.2 Å².